The zero-order valence-electron chi connectivity index (χ0n) is 18.2. The van der Waals surface area contributed by atoms with Crippen molar-refractivity contribution in [1.29, 1.82) is 5.26 Å². The van der Waals surface area contributed by atoms with Crippen molar-refractivity contribution in [3.05, 3.63) is 60.2 Å². The molecule has 10 heteroatoms. The van der Waals surface area contributed by atoms with Crippen LogP contribution in [0.15, 0.2) is 48.8 Å². The molecule has 170 valence electrons. The Balaban J connectivity index is 1.60. The van der Waals surface area contributed by atoms with Crippen LogP contribution in [-0.4, -0.2) is 40.9 Å². The molecule has 0 radical (unpaired) electrons. The number of hydrogen-bond acceptors (Lipinski definition) is 7. The Kier molecular flexibility index (Phi) is 6.13. The molecule has 1 fully saturated rings. The topological polar surface area (TPSA) is 122 Å². The first-order valence-electron chi connectivity index (χ1n) is 10.5. The molecule has 3 N–H and O–H groups in total. The average molecular weight is 449 g/mol. The molecular formula is C23H24FN7O2. The molecule has 1 aromatic carbocycles. The minimum Gasteiger partial charge on any atom is -0.481 e. The summed E-state index contributed by atoms with van der Waals surface area (Å²) in [6.07, 6.45) is 4.81. The number of piperidine rings is 1. The van der Waals surface area contributed by atoms with E-state index in [0.29, 0.717) is 37.5 Å². The summed E-state index contributed by atoms with van der Waals surface area (Å²) in [6.45, 7) is 1.36. The standard InChI is InChI=1S/C23H24FN7O2/c1-33-20-14-18(6-11-27-20)30-12-8-23(7-10-25,9-13-30)31-15-19(21(26)32)22(29-31)28-17-4-2-16(24)3-5-17/h2-6,11,14-15H,7-9,12-13H2,1H3,(H2,26,32)(H,28,29). The predicted molar refractivity (Wildman–Crippen MR) is 121 cm³/mol. The van der Waals surface area contributed by atoms with Crippen LogP contribution in [0.1, 0.15) is 29.6 Å². The van der Waals surface area contributed by atoms with Crippen LogP contribution in [-0.2, 0) is 5.54 Å². The number of rotatable bonds is 7. The number of nitriles is 1. The Bertz CT molecular complexity index is 1180. The summed E-state index contributed by atoms with van der Waals surface area (Å²) < 4.78 is 20.2. The van der Waals surface area contributed by atoms with E-state index in [4.69, 9.17) is 10.5 Å². The second-order valence-electron chi connectivity index (χ2n) is 7.93. The van der Waals surface area contributed by atoms with Crippen LogP contribution in [0.5, 0.6) is 5.88 Å². The summed E-state index contributed by atoms with van der Waals surface area (Å²) in [6, 6.07) is 11.8. The molecule has 1 saturated heterocycles. The van der Waals surface area contributed by atoms with E-state index in [1.807, 2.05) is 12.1 Å². The SMILES string of the molecule is COc1cc(N2CCC(CC#N)(n3cc(C(N)=O)c(Nc4ccc(F)cc4)n3)CC2)ccn1. The molecule has 0 aliphatic carbocycles. The number of nitrogens with two attached hydrogens (primary N) is 1. The van der Waals surface area contributed by atoms with Gasteiger partial charge in [-0.15, -0.1) is 0 Å². The van der Waals surface area contributed by atoms with Crippen molar-refractivity contribution in [2.45, 2.75) is 24.8 Å². The Morgan fingerprint density at radius 1 is 1.30 bits per heavy atom. The summed E-state index contributed by atoms with van der Waals surface area (Å²) in [5.74, 6) is -0.198. The molecule has 33 heavy (non-hydrogen) atoms. The molecule has 0 spiro atoms. The van der Waals surface area contributed by atoms with Crippen molar-refractivity contribution in [2.75, 3.05) is 30.4 Å². The molecule has 1 amide bonds. The number of methoxy groups -OCH3 is 1. The highest BCUT2D eigenvalue weighted by atomic mass is 19.1. The van der Waals surface area contributed by atoms with Gasteiger partial charge in [0.1, 0.15) is 11.4 Å². The lowest BCUT2D eigenvalue weighted by Crippen LogP contribution is -2.46. The van der Waals surface area contributed by atoms with Crippen LogP contribution < -0.4 is 20.7 Å². The van der Waals surface area contributed by atoms with E-state index in [0.717, 1.165) is 5.69 Å². The number of nitrogens with zero attached hydrogens (tertiary/aromatic N) is 5. The second-order valence-corrected chi connectivity index (χ2v) is 7.93. The van der Waals surface area contributed by atoms with Gasteiger partial charge in [0.15, 0.2) is 5.82 Å². The fraction of sp³-hybridized carbons (Fsp3) is 0.304. The minimum atomic E-state index is -0.640. The number of carbonyl (C=O) groups is 1. The highest BCUT2D eigenvalue weighted by Gasteiger charge is 2.38. The van der Waals surface area contributed by atoms with Gasteiger partial charge in [0.05, 0.1) is 25.1 Å². The molecule has 0 atom stereocenters. The van der Waals surface area contributed by atoms with Gasteiger partial charge >= 0.3 is 0 Å². The average Bonchev–Trinajstić information content (AvgIpc) is 3.26. The van der Waals surface area contributed by atoms with E-state index < -0.39 is 11.4 Å². The van der Waals surface area contributed by atoms with E-state index in [9.17, 15) is 14.4 Å². The third kappa shape index (κ3) is 4.57. The summed E-state index contributed by atoms with van der Waals surface area (Å²) in [4.78, 5) is 18.5. The van der Waals surface area contributed by atoms with E-state index in [-0.39, 0.29) is 23.6 Å². The van der Waals surface area contributed by atoms with Gasteiger partial charge in [0, 0.05) is 42.9 Å². The van der Waals surface area contributed by atoms with Crippen molar-refractivity contribution >= 4 is 23.1 Å². The van der Waals surface area contributed by atoms with Crippen molar-refractivity contribution in [3.63, 3.8) is 0 Å². The minimum absolute atomic E-state index is 0.206. The number of carbonyl (C=O) groups excluding carboxylic acids is 1. The highest BCUT2D eigenvalue weighted by Crippen LogP contribution is 2.36. The molecule has 4 rings (SSSR count). The number of aromatic nitrogens is 3. The van der Waals surface area contributed by atoms with Gasteiger partial charge in [-0.25, -0.2) is 9.37 Å². The Morgan fingerprint density at radius 2 is 2.03 bits per heavy atom. The zero-order chi connectivity index (χ0) is 23.4. The lowest BCUT2D eigenvalue weighted by molar-refractivity contribution is 0.100. The first kappa shape index (κ1) is 22.1. The molecule has 1 aliphatic rings. The number of benzene rings is 1. The van der Waals surface area contributed by atoms with Crippen molar-refractivity contribution in [3.8, 4) is 11.9 Å². The van der Waals surface area contributed by atoms with Crippen LogP contribution in [0.25, 0.3) is 0 Å². The maximum atomic E-state index is 13.2. The summed E-state index contributed by atoms with van der Waals surface area (Å²) in [7, 11) is 1.58. The maximum absolute atomic E-state index is 13.2. The van der Waals surface area contributed by atoms with Gasteiger partial charge in [-0.2, -0.15) is 10.4 Å². The second kappa shape index (κ2) is 9.16. The third-order valence-corrected chi connectivity index (χ3v) is 5.97. The number of hydrogen-bond donors (Lipinski definition) is 2. The first-order chi connectivity index (χ1) is 15.9. The fourth-order valence-corrected chi connectivity index (χ4v) is 4.08. The number of primary amides is 1. The fourth-order valence-electron chi connectivity index (χ4n) is 4.08. The Labute approximate surface area is 190 Å². The number of pyridine rings is 1. The van der Waals surface area contributed by atoms with Crippen LogP contribution >= 0.6 is 0 Å². The quantitative estimate of drug-likeness (QED) is 0.568. The van der Waals surface area contributed by atoms with Crippen LogP contribution in [0.2, 0.25) is 0 Å². The smallest absolute Gasteiger partial charge is 0.254 e. The molecule has 1 aliphatic heterocycles. The van der Waals surface area contributed by atoms with Crippen LogP contribution in [0.4, 0.5) is 21.6 Å². The van der Waals surface area contributed by atoms with Gasteiger partial charge in [0.2, 0.25) is 5.88 Å². The number of anilines is 3. The van der Waals surface area contributed by atoms with E-state index >= 15 is 0 Å². The largest absolute Gasteiger partial charge is 0.481 e. The lowest BCUT2D eigenvalue weighted by Gasteiger charge is -2.41. The third-order valence-electron chi connectivity index (χ3n) is 5.97. The van der Waals surface area contributed by atoms with Crippen LogP contribution in [0, 0.1) is 17.1 Å². The summed E-state index contributed by atoms with van der Waals surface area (Å²) in [5, 5.41) is 17.2. The lowest BCUT2D eigenvalue weighted by atomic mass is 9.84. The zero-order valence-corrected chi connectivity index (χ0v) is 18.2. The normalized spacial score (nSPS) is 15.0. The molecular weight excluding hydrogens is 425 g/mol. The molecule has 3 heterocycles. The van der Waals surface area contributed by atoms with Gasteiger partial charge in [-0.05, 0) is 43.2 Å². The van der Waals surface area contributed by atoms with Crippen molar-refractivity contribution in [1.82, 2.24) is 14.8 Å². The number of amides is 1. The van der Waals surface area contributed by atoms with Crippen molar-refractivity contribution < 1.29 is 13.9 Å². The van der Waals surface area contributed by atoms with E-state index in [1.54, 1.807) is 36.3 Å². The molecule has 0 saturated carbocycles. The van der Waals surface area contributed by atoms with E-state index in [1.165, 1.54) is 12.1 Å². The molecule has 9 nitrogen and oxygen atoms in total. The number of halogens is 1. The van der Waals surface area contributed by atoms with Gasteiger partial charge in [-0.1, -0.05) is 0 Å². The van der Waals surface area contributed by atoms with Gasteiger partial charge in [0.25, 0.3) is 5.91 Å². The molecule has 2 aromatic heterocycles. The number of nitrogens with one attached hydrogen (secondary N) is 1. The highest BCUT2D eigenvalue weighted by molar-refractivity contribution is 5.98. The van der Waals surface area contributed by atoms with Gasteiger partial charge in [-0.3, -0.25) is 9.48 Å². The summed E-state index contributed by atoms with van der Waals surface area (Å²) in [5.41, 5.74) is 6.77. The van der Waals surface area contributed by atoms with Gasteiger partial charge < -0.3 is 20.7 Å². The Hall–Kier alpha value is -4.13. The maximum Gasteiger partial charge on any atom is 0.254 e. The molecule has 0 unspecified atom stereocenters. The van der Waals surface area contributed by atoms with E-state index in [2.05, 4.69) is 26.4 Å². The molecule has 0 bridgehead atoms. The summed E-state index contributed by atoms with van der Waals surface area (Å²) >= 11 is 0. The van der Waals surface area contributed by atoms with Crippen LogP contribution in [0.3, 0.4) is 0 Å². The Morgan fingerprint density at radius 3 is 2.67 bits per heavy atom. The molecule has 3 aromatic rings. The first-order valence-corrected chi connectivity index (χ1v) is 10.5. The number of ether oxygens (including phenoxy) is 1. The predicted octanol–water partition coefficient (Wildman–Crippen LogP) is 3.18. The van der Waals surface area contributed by atoms with Crippen molar-refractivity contribution in [2.24, 2.45) is 5.73 Å². The monoisotopic (exact) mass is 449 g/mol.